The molecule has 0 aliphatic carbocycles. The lowest BCUT2D eigenvalue weighted by Crippen LogP contribution is -2.37. The molecule has 0 spiro atoms. The summed E-state index contributed by atoms with van der Waals surface area (Å²) in [5, 5.41) is 1.57. The summed E-state index contributed by atoms with van der Waals surface area (Å²) in [5.41, 5.74) is 1.52. The molecule has 1 aromatic rings. The smallest absolute Gasteiger partial charge is 0.0693 e. The zero-order chi connectivity index (χ0) is 11.7. The quantitative estimate of drug-likeness (QED) is 0.703. The SMILES string of the molecule is C[Si](C)(C)Cc1ccc([Si](C)(C)C)cc1. The van der Waals surface area contributed by atoms with E-state index < -0.39 is 16.1 Å². The fourth-order valence-electron chi connectivity index (χ4n) is 1.73. The molecule has 0 radical (unpaired) electrons. The molecule has 0 unspecified atom stereocenters. The topological polar surface area (TPSA) is 0 Å². The summed E-state index contributed by atoms with van der Waals surface area (Å²) in [7, 11) is -2.05. The molecule has 0 heterocycles. The van der Waals surface area contributed by atoms with Gasteiger partial charge in [0.25, 0.3) is 0 Å². The van der Waals surface area contributed by atoms with E-state index in [0.29, 0.717) is 0 Å². The molecule has 2 heteroatoms. The maximum absolute atomic E-state index is 2.43. The van der Waals surface area contributed by atoms with E-state index in [4.69, 9.17) is 0 Å². The molecule has 0 N–H and O–H groups in total. The second-order valence-corrected chi connectivity index (χ2v) is 17.2. The number of benzene rings is 1. The first-order chi connectivity index (χ1) is 6.68. The van der Waals surface area contributed by atoms with Crippen molar-refractivity contribution in [1.29, 1.82) is 0 Å². The highest BCUT2D eigenvalue weighted by Gasteiger charge is 2.17. The van der Waals surface area contributed by atoms with Crippen LogP contribution in [0.25, 0.3) is 0 Å². The van der Waals surface area contributed by atoms with Crippen molar-refractivity contribution < 1.29 is 0 Å². The lowest BCUT2D eigenvalue weighted by atomic mass is 10.2. The van der Waals surface area contributed by atoms with Crippen LogP contribution in [0, 0.1) is 0 Å². The molecule has 0 amide bonds. The van der Waals surface area contributed by atoms with E-state index in [1.807, 2.05) is 0 Å². The van der Waals surface area contributed by atoms with Crippen molar-refractivity contribution in [3.63, 3.8) is 0 Å². The van der Waals surface area contributed by atoms with Gasteiger partial charge in [-0.2, -0.15) is 0 Å². The highest BCUT2D eigenvalue weighted by molar-refractivity contribution is 6.88. The van der Waals surface area contributed by atoms with Gasteiger partial charge < -0.3 is 0 Å². The number of hydrogen-bond donors (Lipinski definition) is 0. The lowest BCUT2D eigenvalue weighted by molar-refractivity contribution is 1.31. The van der Waals surface area contributed by atoms with Gasteiger partial charge in [0, 0.05) is 8.07 Å². The van der Waals surface area contributed by atoms with E-state index in [-0.39, 0.29) is 0 Å². The van der Waals surface area contributed by atoms with Gasteiger partial charge in [-0.1, -0.05) is 74.3 Å². The molecular weight excluding hydrogens is 212 g/mol. The van der Waals surface area contributed by atoms with Crippen molar-refractivity contribution in [2.24, 2.45) is 0 Å². The molecule has 0 atom stereocenters. The third-order valence-corrected chi connectivity index (χ3v) is 6.09. The van der Waals surface area contributed by atoms with Gasteiger partial charge in [-0.05, 0) is 6.04 Å². The zero-order valence-electron chi connectivity index (χ0n) is 11.0. The largest absolute Gasteiger partial charge is 0.0775 e. The third kappa shape index (κ3) is 4.35. The molecule has 0 nitrogen and oxygen atoms in total. The first-order valence-corrected chi connectivity index (χ1v) is 13.0. The Labute approximate surface area is 96.7 Å². The maximum Gasteiger partial charge on any atom is 0.0775 e. The lowest BCUT2D eigenvalue weighted by Gasteiger charge is -2.19. The Hall–Kier alpha value is -0.346. The molecule has 0 aliphatic heterocycles. The molecule has 0 aliphatic rings. The summed E-state index contributed by atoms with van der Waals surface area (Å²) in [6, 6.07) is 10.7. The van der Waals surface area contributed by atoms with Gasteiger partial charge in [0.1, 0.15) is 0 Å². The van der Waals surface area contributed by atoms with Crippen molar-refractivity contribution in [3.05, 3.63) is 29.8 Å². The summed E-state index contributed by atoms with van der Waals surface area (Å²) in [6.45, 7) is 14.5. The molecule has 1 rings (SSSR count). The zero-order valence-corrected chi connectivity index (χ0v) is 13.0. The minimum atomic E-state index is -1.10. The van der Waals surface area contributed by atoms with E-state index in [1.54, 1.807) is 5.19 Å². The van der Waals surface area contributed by atoms with Crippen LogP contribution in [0.2, 0.25) is 39.3 Å². The summed E-state index contributed by atoms with van der Waals surface area (Å²) < 4.78 is 0. The van der Waals surface area contributed by atoms with E-state index in [0.717, 1.165) is 0 Å². The van der Waals surface area contributed by atoms with Crippen LogP contribution in [0.1, 0.15) is 5.56 Å². The molecule has 0 bridgehead atoms. The van der Waals surface area contributed by atoms with Crippen LogP contribution >= 0.6 is 0 Å². The molecule has 0 aromatic heterocycles. The van der Waals surface area contributed by atoms with Gasteiger partial charge in [0.05, 0.1) is 8.07 Å². The normalized spacial score (nSPS) is 12.9. The minimum absolute atomic E-state index is 0.950. The average Bonchev–Trinajstić information content (AvgIpc) is 2.00. The van der Waals surface area contributed by atoms with Crippen LogP contribution in [-0.2, 0) is 6.04 Å². The Kier molecular flexibility index (Phi) is 3.61. The van der Waals surface area contributed by atoms with Gasteiger partial charge in [0.15, 0.2) is 0 Å². The molecule has 0 saturated carbocycles. The second kappa shape index (κ2) is 4.26. The van der Waals surface area contributed by atoms with Crippen LogP contribution < -0.4 is 5.19 Å². The highest BCUT2D eigenvalue weighted by Crippen LogP contribution is 2.11. The third-order valence-electron chi connectivity index (χ3n) is 2.55. The molecule has 0 fully saturated rings. The van der Waals surface area contributed by atoms with Crippen LogP contribution in [0.5, 0.6) is 0 Å². The van der Waals surface area contributed by atoms with Gasteiger partial charge in [-0.3, -0.25) is 0 Å². The Morgan fingerprint density at radius 1 is 0.800 bits per heavy atom. The standard InChI is InChI=1S/C13H24Si2/c1-14(2,3)11-12-7-9-13(10-8-12)15(4,5)6/h7-10H,11H2,1-6H3. The van der Waals surface area contributed by atoms with Crippen molar-refractivity contribution in [2.45, 2.75) is 45.3 Å². The van der Waals surface area contributed by atoms with Gasteiger partial charge in [0.2, 0.25) is 0 Å². The fraction of sp³-hybridized carbons (Fsp3) is 0.538. The van der Waals surface area contributed by atoms with Gasteiger partial charge in [-0.15, -0.1) is 0 Å². The first kappa shape index (κ1) is 12.7. The summed E-state index contributed by atoms with van der Waals surface area (Å²) in [6.07, 6.45) is 0. The minimum Gasteiger partial charge on any atom is -0.0693 e. The molecule has 1 aromatic carbocycles. The van der Waals surface area contributed by atoms with Gasteiger partial charge >= 0.3 is 0 Å². The van der Waals surface area contributed by atoms with Crippen molar-refractivity contribution in [3.8, 4) is 0 Å². The van der Waals surface area contributed by atoms with Crippen LogP contribution in [-0.4, -0.2) is 16.1 Å². The Balaban J connectivity index is 2.82. The fourth-order valence-corrected chi connectivity index (χ4v) is 4.36. The predicted octanol–water partition coefficient (Wildman–Crippen LogP) is 3.65. The number of rotatable bonds is 3. The average molecular weight is 237 g/mol. The Morgan fingerprint density at radius 2 is 1.27 bits per heavy atom. The maximum atomic E-state index is 2.43. The van der Waals surface area contributed by atoms with Crippen LogP contribution in [0.3, 0.4) is 0 Å². The molecule has 0 saturated heterocycles. The number of hydrogen-bond acceptors (Lipinski definition) is 0. The van der Waals surface area contributed by atoms with Crippen LogP contribution in [0.4, 0.5) is 0 Å². The van der Waals surface area contributed by atoms with Crippen molar-refractivity contribution in [2.75, 3.05) is 0 Å². The Morgan fingerprint density at radius 3 is 1.60 bits per heavy atom. The van der Waals surface area contributed by atoms with E-state index in [1.165, 1.54) is 11.6 Å². The second-order valence-electron chi connectivity index (χ2n) is 6.68. The van der Waals surface area contributed by atoms with Crippen molar-refractivity contribution >= 4 is 21.3 Å². The molecule has 15 heavy (non-hydrogen) atoms. The van der Waals surface area contributed by atoms with Crippen molar-refractivity contribution in [1.82, 2.24) is 0 Å². The predicted molar refractivity (Wildman–Crippen MR) is 76.5 cm³/mol. The Bertz CT molecular complexity index is 312. The van der Waals surface area contributed by atoms with E-state index in [9.17, 15) is 0 Å². The molecule has 84 valence electrons. The summed E-state index contributed by atoms with van der Waals surface area (Å²) in [4.78, 5) is 0. The summed E-state index contributed by atoms with van der Waals surface area (Å²) >= 11 is 0. The highest BCUT2D eigenvalue weighted by atomic mass is 28.3. The van der Waals surface area contributed by atoms with Crippen LogP contribution in [0.15, 0.2) is 24.3 Å². The van der Waals surface area contributed by atoms with E-state index in [2.05, 4.69) is 63.5 Å². The summed E-state index contributed by atoms with van der Waals surface area (Å²) in [5.74, 6) is 0. The van der Waals surface area contributed by atoms with Gasteiger partial charge in [-0.25, -0.2) is 0 Å². The molecular formula is C13H24Si2. The van der Waals surface area contributed by atoms with E-state index >= 15 is 0 Å². The monoisotopic (exact) mass is 236 g/mol. The first-order valence-electron chi connectivity index (χ1n) is 5.78.